The molecule has 4 rings (SSSR count). The molecular weight excluding hydrogens is 428 g/mol. The summed E-state index contributed by atoms with van der Waals surface area (Å²) in [5.41, 5.74) is 7.92. The zero-order valence-corrected chi connectivity index (χ0v) is 18.8. The number of aliphatic hydroxyl groups is 2. The molecule has 0 radical (unpaired) electrons. The second-order valence-electron chi connectivity index (χ2n) is 8.32. The molecule has 0 saturated carbocycles. The van der Waals surface area contributed by atoms with Crippen molar-refractivity contribution in [1.82, 2.24) is 4.98 Å². The van der Waals surface area contributed by atoms with Crippen LogP contribution < -0.4 is 16.0 Å². The molecule has 2 heterocycles. The highest BCUT2D eigenvalue weighted by atomic mass is 32.2. The Bertz CT molecular complexity index is 1230. The molecule has 5 N–H and O–H groups in total. The van der Waals surface area contributed by atoms with Crippen LogP contribution in [0.2, 0.25) is 0 Å². The quantitative estimate of drug-likeness (QED) is 0.439. The van der Waals surface area contributed by atoms with E-state index >= 15 is 0 Å². The summed E-state index contributed by atoms with van der Waals surface area (Å²) >= 11 is 0. The molecule has 0 amide bonds. The highest BCUT2D eigenvalue weighted by Gasteiger charge is 2.29. The lowest BCUT2D eigenvalue weighted by molar-refractivity contribution is 0.140. The van der Waals surface area contributed by atoms with Gasteiger partial charge in [-0.15, -0.1) is 0 Å². The molecule has 0 bridgehead atoms. The van der Waals surface area contributed by atoms with Crippen molar-refractivity contribution < 1.29 is 18.6 Å². The van der Waals surface area contributed by atoms with Crippen molar-refractivity contribution in [1.29, 1.82) is 0 Å². The number of rotatable bonds is 6. The lowest BCUT2D eigenvalue weighted by Crippen LogP contribution is -2.52. The van der Waals surface area contributed by atoms with Gasteiger partial charge in [0.05, 0.1) is 34.9 Å². The third-order valence-corrected chi connectivity index (χ3v) is 7.76. The van der Waals surface area contributed by atoms with Crippen LogP contribution in [0.3, 0.4) is 0 Å². The second-order valence-corrected chi connectivity index (χ2v) is 10.4. The van der Waals surface area contributed by atoms with Crippen LogP contribution in [-0.4, -0.2) is 61.2 Å². The fourth-order valence-corrected chi connectivity index (χ4v) is 5.44. The number of hydrogen-bond acceptors (Lipinski definition) is 8. The SMILES string of the molecule is Cc1ccc2nc(N3CCS(=O)(=O)c4ccccc4C3)cc(NC(CN)(CO)CO)c2c1. The van der Waals surface area contributed by atoms with Gasteiger partial charge in [0.2, 0.25) is 0 Å². The van der Waals surface area contributed by atoms with Gasteiger partial charge >= 0.3 is 0 Å². The highest BCUT2D eigenvalue weighted by molar-refractivity contribution is 7.91. The van der Waals surface area contributed by atoms with Gasteiger partial charge < -0.3 is 26.2 Å². The number of sulfone groups is 1. The Kier molecular flexibility index (Phi) is 6.09. The summed E-state index contributed by atoms with van der Waals surface area (Å²) in [5.74, 6) is 0.595. The zero-order chi connectivity index (χ0) is 22.9. The van der Waals surface area contributed by atoms with Crippen molar-refractivity contribution in [3.05, 3.63) is 59.7 Å². The van der Waals surface area contributed by atoms with Gasteiger partial charge in [0.25, 0.3) is 0 Å². The average Bonchev–Trinajstić information content (AvgIpc) is 2.93. The van der Waals surface area contributed by atoms with Crippen LogP contribution in [0.4, 0.5) is 11.5 Å². The Morgan fingerprint density at radius 2 is 1.91 bits per heavy atom. The number of hydrogen-bond donors (Lipinski definition) is 4. The van der Waals surface area contributed by atoms with E-state index in [0.29, 0.717) is 29.5 Å². The van der Waals surface area contributed by atoms with Crippen molar-refractivity contribution >= 4 is 32.2 Å². The van der Waals surface area contributed by atoms with Gasteiger partial charge in [-0.25, -0.2) is 13.4 Å². The van der Waals surface area contributed by atoms with Crippen molar-refractivity contribution in [3.8, 4) is 0 Å². The van der Waals surface area contributed by atoms with Crippen LogP contribution in [0, 0.1) is 6.92 Å². The van der Waals surface area contributed by atoms with E-state index < -0.39 is 15.4 Å². The van der Waals surface area contributed by atoms with Gasteiger partial charge in [-0.1, -0.05) is 29.8 Å². The fraction of sp³-hybridized carbons (Fsp3) is 0.348. The number of fused-ring (bicyclic) bond motifs is 2. The Balaban J connectivity index is 1.83. The van der Waals surface area contributed by atoms with E-state index in [1.165, 1.54) is 0 Å². The van der Waals surface area contributed by atoms with E-state index in [2.05, 4.69) is 5.32 Å². The van der Waals surface area contributed by atoms with Gasteiger partial charge in [0.15, 0.2) is 9.84 Å². The van der Waals surface area contributed by atoms with Crippen LogP contribution in [0.25, 0.3) is 10.9 Å². The molecule has 0 atom stereocenters. The van der Waals surface area contributed by atoms with E-state index in [1.54, 1.807) is 12.1 Å². The van der Waals surface area contributed by atoms with E-state index in [-0.39, 0.29) is 25.5 Å². The summed E-state index contributed by atoms with van der Waals surface area (Å²) in [6, 6.07) is 14.7. The number of aryl methyl sites for hydroxylation is 1. The second kappa shape index (κ2) is 8.67. The van der Waals surface area contributed by atoms with Crippen LogP contribution in [0.1, 0.15) is 11.1 Å². The largest absolute Gasteiger partial charge is 0.394 e. The Morgan fingerprint density at radius 3 is 2.62 bits per heavy atom. The van der Waals surface area contributed by atoms with Crippen LogP contribution in [0.15, 0.2) is 53.4 Å². The molecule has 0 spiro atoms. The minimum absolute atomic E-state index is 0.0135. The summed E-state index contributed by atoms with van der Waals surface area (Å²) in [6.07, 6.45) is 0. The Morgan fingerprint density at radius 1 is 1.16 bits per heavy atom. The number of aliphatic hydroxyl groups excluding tert-OH is 2. The summed E-state index contributed by atoms with van der Waals surface area (Å²) in [5, 5.41) is 23.8. The summed E-state index contributed by atoms with van der Waals surface area (Å²) < 4.78 is 25.5. The molecule has 8 nitrogen and oxygen atoms in total. The van der Waals surface area contributed by atoms with Crippen molar-refractivity contribution in [2.45, 2.75) is 23.9 Å². The topological polar surface area (TPSA) is 129 Å². The van der Waals surface area contributed by atoms with Crippen molar-refractivity contribution in [2.75, 3.05) is 42.3 Å². The van der Waals surface area contributed by atoms with Crippen molar-refractivity contribution in [3.63, 3.8) is 0 Å². The lowest BCUT2D eigenvalue weighted by Gasteiger charge is -2.32. The van der Waals surface area contributed by atoms with E-state index in [4.69, 9.17) is 10.7 Å². The predicted molar refractivity (Wildman–Crippen MR) is 126 cm³/mol. The van der Waals surface area contributed by atoms with Gasteiger partial charge in [-0.3, -0.25) is 0 Å². The van der Waals surface area contributed by atoms with E-state index in [0.717, 1.165) is 22.0 Å². The normalized spacial score (nSPS) is 15.9. The first-order valence-electron chi connectivity index (χ1n) is 10.5. The third-order valence-electron chi connectivity index (χ3n) is 5.97. The average molecular weight is 457 g/mol. The Hall–Kier alpha value is -2.72. The smallest absolute Gasteiger partial charge is 0.180 e. The van der Waals surface area contributed by atoms with Crippen LogP contribution >= 0.6 is 0 Å². The van der Waals surface area contributed by atoms with Gasteiger partial charge in [-0.2, -0.15) is 0 Å². The predicted octanol–water partition coefficient (Wildman–Crippen LogP) is 1.43. The summed E-state index contributed by atoms with van der Waals surface area (Å²) in [6.45, 7) is 2.01. The standard InChI is InChI=1S/C23H28N4O4S/c1-16-6-7-19-18(10-16)20(26-23(13-24,14-28)15-29)11-22(25-19)27-8-9-32(30,31)21-5-3-2-4-17(21)12-27/h2-7,10-11,28-29H,8-9,12-15,24H2,1H3,(H,25,26). The first-order valence-corrected chi connectivity index (χ1v) is 12.1. The molecular formula is C23H28N4O4S. The molecule has 0 saturated heterocycles. The highest BCUT2D eigenvalue weighted by Crippen LogP contribution is 2.32. The van der Waals surface area contributed by atoms with Crippen molar-refractivity contribution in [2.24, 2.45) is 5.73 Å². The molecule has 9 heteroatoms. The third kappa shape index (κ3) is 4.16. The Labute approximate surface area is 187 Å². The van der Waals surface area contributed by atoms with Crippen LogP contribution in [-0.2, 0) is 16.4 Å². The summed E-state index contributed by atoms with van der Waals surface area (Å²) in [7, 11) is -3.39. The molecule has 1 aliphatic heterocycles. The first-order chi connectivity index (χ1) is 15.3. The maximum absolute atomic E-state index is 12.8. The maximum Gasteiger partial charge on any atom is 0.180 e. The molecule has 1 aliphatic rings. The zero-order valence-electron chi connectivity index (χ0n) is 18.0. The lowest BCUT2D eigenvalue weighted by atomic mass is 10.0. The van der Waals surface area contributed by atoms with Gasteiger partial charge in [0, 0.05) is 36.8 Å². The van der Waals surface area contributed by atoms with Crippen LogP contribution in [0.5, 0.6) is 0 Å². The molecule has 2 aromatic carbocycles. The number of nitrogens with one attached hydrogen (secondary N) is 1. The number of pyridine rings is 1. The fourth-order valence-electron chi connectivity index (χ4n) is 3.94. The molecule has 32 heavy (non-hydrogen) atoms. The number of nitrogens with two attached hydrogens (primary N) is 1. The molecule has 0 fully saturated rings. The molecule has 170 valence electrons. The maximum atomic E-state index is 12.8. The first kappa shape index (κ1) is 22.5. The van der Waals surface area contributed by atoms with E-state index in [9.17, 15) is 18.6 Å². The van der Waals surface area contributed by atoms with Gasteiger partial charge in [-0.05, 0) is 30.7 Å². The monoisotopic (exact) mass is 456 g/mol. The minimum Gasteiger partial charge on any atom is -0.394 e. The number of aromatic nitrogens is 1. The number of nitrogens with zero attached hydrogens (tertiary/aromatic N) is 2. The molecule has 1 aromatic heterocycles. The van der Waals surface area contributed by atoms with E-state index in [1.807, 2.05) is 48.2 Å². The molecule has 0 unspecified atom stereocenters. The minimum atomic E-state index is -3.39. The molecule has 0 aliphatic carbocycles. The van der Waals surface area contributed by atoms with Gasteiger partial charge in [0.1, 0.15) is 5.82 Å². The molecule has 3 aromatic rings. The number of anilines is 2. The summed E-state index contributed by atoms with van der Waals surface area (Å²) in [4.78, 5) is 7.11. The number of benzene rings is 2.